The number of aryl methyl sites for hydroxylation is 1. The van der Waals surface area contributed by atoms with Crippen LogP contribution in [-0.4, -0.2) is 29.6 Å². The van der Waals surface area contributed by atoms with Gasteiger partial charge in [-0.15, -0.1) is 0 Å². The Morgan fingerprint density at radius 1 is 1.47 bits per heavy atom. The molecule has 4 nitrogen and oxygen atoms in total. The number of pyridine rings is 1. The van der Waals surface area contributed by atoms with Crippen LogP contribution in [0.4, 0.5) is 0 Å². The van der Waals surface area contributed by atoms with Crippen LogP contribution >= 0.6 is 0 Å². The summed E-state index contributed by atoms with van der Waals surface area (Å²) in [6.45, 7) is 3.18. The molecule has 0 bridgehead atoms. The number of hydrogen-bond acceptors (Lipinski definition) is 4. The van der Waals surface area contributed by atoms with Crippen molar-refractivity contribution in [3.05, 3.63) is 29.6 Å². The molecule has 1 aliphatic rings. The van der Waals surface area contributed by atoms with Crippen molar-refractivity contribution in [2.24, 2.45) is 0 Å². The second kappa shape index (κ2) is 4.70. The molecule has 0 aromatic carbocycles. The summed E-state index contributed by atoms with van der Waals surface area (Å²) in [4.78, 5) is 4.04. The normalized spacial score (nSPS) is 19.3. The van der Waals surface area contributed by atoms with Gasteiger partial charge in [0.25, 0.3) is 0 Å². The van der Waals surface area contributed by atoms with Crippen LogP contribution in [-0.2, 0) is 9.47 Å². The minimum atomic E-state index is -0.569. The molecule has 0 radical (unpaired) electrons. The van der Waals surface area contributed by atoms with Gasteiger partial charge < -0.3 is 14.6 Å². The van der Waals surface area contributed by atoms with E-state index in [1.807, 2.05) is 13.0 Å². The Hall–Kier alpha value is -0.970. The lowest BCUT2D eigenvalue weighted by molar-refractivity contribution is -0.0708. The molecule has 1 aromatic rings. The van der Waals surface area contributed by atoms with E-state index in [9.17, 15) is 5.11 Å². The average Bonchev–Trinajstić information content (AvgIpc) is 2.70. The zero-order chi connectivity index (χ0) is 10.7. The van der Waals surface area contributed by atoms with Gasteiger partial charge in [-0.25, -0.2) is 0 Å². The standard InChI is InChI=1S/C11H15NO3/c1-8-4-9(7-12-6-8)10(13)5-11-14-2-3-15-11/h4,6-7,10-11,13H,2-3,5H2,1H3. The number of aliphatic hydroxyl groups excluding tert-OH is 1. The first-order valence-corrected chi connectivity index (χ1v) is 5.08. The fourth-order valence-electron chi connectivity index (χ4n) is 1.62. The number of hydrogen-bond donors (Lipinski definition) is 1. The maximum Gasteiger partial charge on any atom is 0.160 e. The van der Waals surface area contributed by atoms with Gasteiger partial charge in [-0.1, -0.05) is 6.07 Å². The van der Waals surface area contributed by atoms with Crippen molar-refractivity contribution in [3.63, 3.8) is 0 Å². The number of aromatic nitrogens is 1. The highest BCUT2D eigenvalue weighted by molar-refractivity contribution is 5.18. The van der Waals surface area contributed by atoms with E-state index in [-0.39, 0.29) is 6.29 Å². The highest BCUT2D eigenvalue weighted by Crippen LogP contribution is 2.21. The topological polar surface area (TPSA) is 51.6 Å². The molecule has 2 heterocycles. The van der Waals surface area contributed by atoms with E-state index in [4.69, 9.17) is 9.47 Å². The molecule has 82 valence electrons. The minimum absolute atomic E-state index is 0.277. The Morgan fingerprint density at radius 2 is 2.20 bits per heavy atom. The van der Waals surface area contributed by atoms with E-state index >= 15 is 0 Å². The minimum Gasteiger partial charge on any atom is -0.388 e. The number of aliphatic hydroxyl groups is 1. The van der Waals surface area contributed by atoms with Crippen molar-refractivity contribution in [1.29, 1.82) is 0 Å². The molecule has 0 saturated carbocycles. The molecule has 1 saturated heterocycles. The molecular weight excluding hydrogens is 194 g/mol. The molecule has 4 heteroatoms. The number of rotatable bonds is 3. The Morgan fingerprint density at radius 3 is 2.87 bits per heavy atom. The van der Waals surface area contributed by atoms with E-state index in [1.165, 1.54) is 0 Å². The third kappa shape index (κ3) is 2.75. The third-order valence-corrected chi connectivity index (χ3v) is 2.39. The molecule has 1 aromatic heterocycles. The lowest BCUT2D eigenvalue weighted by Gasteiger charge is -2.14. The second-order valence-electron chi connectivity index (χ2n) is 3.72. The summed E-state index contributed by atoms with van der Waals surface area (Å²) in [7, 11) is 0. The quantitative estimate of drug-likeness (QED) is 0.812. The highest BCUT2D eigenvalue weighted by atomic mass is 16.7. The lowest BCUT2D eigenvalue weighted by Crippen LogP contribution is -2.13. The summed E-state index contributed by atoms with van der Waals surface area (Å²) in [6.07, 6.45) is 3.05. The van der Waals surface area contributed by atoms with Crippen LogP contribution < -0.4 is 0 Å². The van der Waals surface area contributed by atoms with E-state index < -0.39 is 6.10 Å². The molecule has 0 aliphatic carbocycles. The molecule has 2 rings (SSSR count). The van der Waals surface area contributed by atoms with Crippen molar-refractivity contribution >= 4 is 0 Å². The lowest BCUT2D eigenvalue weighted by atomic mass is 10.1. The Bertz CT molecular complexity index is 323. The molecule has 1 aliphatic heterocycles. The second-order valence-corrected chi connectivity index (χ2v) is 3.72. The summed E-state index contributed by atoms with van der Waals surface area (Å²) >= 11 is 0. The molecule has 0 amide bonds. The Labute approximate surface area is 88.9 Å². The summed E-state index contributed by atoms with van der Waals surface area (Å²) in [6, 6.07) is 1.92. The van der Waals surface area contributed by atoms with Gasteiger partial charge in [0.1, 0.15) is 0 Å². The van der Waals surface area contributed by atoms with Crippen LogP contribution in [0.25, 0.3) is 0 Å². The number of nitrogens with zero attached hydrogens (tertiary/aromatic N) is 1. The van der Waals surface area contributed by atoms with Gasteiger partial charge in [0.15, 0.2) is 6.29 Å². The molecule has 1 atom stereocenters. The van der Waals surface area contributed by atoms with Gasteiger partial charge in [-0.2, -0.15) is 0 Å². The average molecular weight is 209 g/mol. The Balaban J connectivity index is 1.97. The van der Waals surface area contributed by atoms with E-state index in [0.29, 0.717) is 19.6 Å². The Kier molecular flexibility index (Phi) is 3.30. The zero-order valence-electron chi connectivity index (χ0n) is 8.72. The fraction of sp³-hybridized carbons (Fsp3) is 0.545. The molecule has 1 N–H and O–H groups in total. The first-order valence-electron chi connectivity index (χ1n) is 5.08. The van der Waals surface area contributed by atoms with Gasteiger partial charge in [-0.3, -0.25) is 4.98 Å². The zero-order valence-corrected chi connectivity index (χ0v) is 8.72. The van der Waals surface area contributed by atoms with Gasteiger partial charge in [0.2, 0.25) is 0 Å². The molecule has 0 spiro atoms. The SMILES string of the molecule is Cc1cncc(C(O)CC2OCCO2)c1. The maximum absolute atomic E-state index is 9.91. The van der Waals surface area contributed by atoms with Crippen molar-refractivity contribution in [3.8, 4) is 0 Å². The van der Waals surface area contributed by atoms with Gasteiger partial charge in [0.05, 0.1) is 19.3 Å². The molecular formula is C11H15NO3. The van der Waals surface area contributed by atoms with Crippen molar-refractivity contribution < 1.29 is 14.6 Å². The predicted molar refractivity (Wildman–Crippen MR) is 54.2 cm³/mol. The van der Waals surface area contributed by atoms with Gasteiger partial charge in [-0.05, 0) is 18.1 Å². The predicted octanol–water partition coefficient (Wildman–Crippen LogP) is 1.19. The van der Waals surface area contributed by atoms with Crippen LogP contribution in [0.5, 0.6) is 0 Å². The molecule has 1 unspecified atom stereocenters. The smallest absolute Gasteiger partial charge is 0.160 e. The van der Waals surface area contributed by atoms with Crippen LogP contribution in [0, 0.1) is 6.92 Å². The maximum atomic E-state index is 9.91. The summed E-state index contributed by atoms with van der Waals surface area (Å²) in [5, 5.41) is 9.91. The first kappa shape index (κ1) is 10.5. The van der Waals surface area contributed by atoms with Gasteiger partial charge >= 0.3 is 0 Å². The number of ether oxygens (including phenoxy) is 2. The monoisotopic (exact) mass is 209 g/mol. The summed E-state index contributed by atoms with van der Waals surface area (Å²) in [5.41, 5.74) is 1.86. The van der Waals surface area contributed by atoms with Gasteiger partial charge in [0, 0.05) is 18.8 Å². The summed E-state index contributed by atoms with van der Waals surface area (Å²) < 4.78 is 10.5. The van der Waals surface area contributed by atoms with Crippen molar-refractivity contribution in [1.82, 2.24) is 4.98 Å². The fourth-order valence-corrected chi connectivity index (χ4v) is 1.62. The van der Waals surface area contributed by atoms with Crippen molar-refractivity contribution in [2.45, 2.75) is 25.7 Å². The largest absolute Gasteiger partial charge is 0.388 e. The van der Waals surface area contributed by atoms with Crippen LogP contribution in [0.15, 0.2) is 18.5 Å². The van der Waals surface area contributed by atoms with E-state index in [0.717, 1.165) is 11.1 Å². The van der Waals surface area contributed by atoms with Crippen molar-refractivity contribution in [2.75, 3.05) is 13.2 Å². The van der Waals surface area contributed by atoms with Crippen LogP contribution in [0.1, 0.15) is 23.7 Å². The van der Waals surface area contributed by atoms with Crippen LogP contribution in [0.3, 0.4) is 0 Å². The summed E-state index contributed by atoms with van der Waals surface area (Å²) in [5.74, 6) is 0. The first-order chi connectivity index (χ1) is 7.25. The van der Waals surface area contributed by atoms with E-state index in [2.05, 4.69) is 4.98 Å². The highest BCUT2D eigenvalue weighted by Gasteiger charge is 2.21. The molecule has 15 heavy (non-hydrogen) atoms. The van der Waals surface area contributed by atoms with Crippen LogP contribution in [0.2, 0.25) is 0 Å². The molecule has 1 fully saturated rings. The van der Waals surface area contributed by atoms with E-state index in [1.54, 1.807) is 12.4 Å². The third-order valence-electron chi connectivity index (χ3n) is 2.39.